The van der Waals surface area contributed by atoms with Crippen molar-refractivity contribution in [2.75, 3.05) is 0 Å². The first-order valence-corrected chi connectivity index (χ1v) is 30.2. The molecule has 0 fully saturated rings. The van der Waals surface area contributed by atoms with Crippen molar-refractivity contribution in [2.24, 2.45) is 0 Å². The number of fused-ring (bicyclic) bond motifs is 9. The average Bonchev–Trinajstić information content (AvgIpc) is 4.06. The summed E-state index contributed by atoms with van der Waals surface area (Å²) in [6.45, 7) is 0. The topological polar surface area (TPSA) is 13.1 Å². The van der Waals surface area contributed by atoms with Gasteiger partial charge in [-0.2, -0.15) is 0 Å². The average molecular weight is 1000 g/mol. The van der Waals surface area contributed by atoms with Gasteiger partial charge in [0.1, 0.15) is 247 Å². The van der Waals surface area contributed by atoms with E-state index >= 15 is 0 Å². The quantitative estimate of drug-likeness (QED) is 0.0977. The first kappa shape index (κ1) is 58.0. The molecule has 31 heteroatoms. The van der Waals surface area contributed by atoms with E-state index in [1.165, 1.54) is 262 Å². The maximum Gasteiger partial charge on any atom is 0.145 e. The fraction of sp³-hybridized carbons (Fsp3) is 0. The monoisotopic (exact) mass is 1010 g/mol. The Labute approximate surface area is 509 Å². The van der Waals surface area contributed by atoms with Crippen LogP contribution < -0.4 is 164 Å². The summed E-state index contributed by atoms with van der Waals surface area (Å²) < 4.78 is 7.32. The molecule has 0 amide bonds. The van der Waals surface area contributed by atoms with Gasteiger partial charge >= 0.3 is 0 Å². The largest absolute Gasteiger partial charge is 0.457 e. The fourth-order valence-electron chi connectivity index (χ4n) is 16.8. The maximum absolute atomic E-state index is 7.32. The van der Waals surface area contributed by atoms with Crippen LogP contribution in [0.5, 0.6) is 0 Å². The second-order valence-electron chi connectivity index (χ2n) is 26.3. The van der Waals surface area contributed by atoms with E-state index in [4.69, 9.17) is 4.42 Å². The van der Waals surface area contributed by atoms with Gasteiger partial charge in [0.2, 0.25) is 0 Å². The molecule has 0 radical (unpaired) electrons. The Balaban J connectivity index is 1.37. The second kappa shape index (κ2) is 19.4. The Morgan fingerprint density at radius 3 is 0.704 bits per heavy atom. The van der Waals surface area contributed by atoms with Crippen LogP contribution in [0, 0.1) is 0 Å². The Kier molecular flexibility index (Phi) is 13.9. The lowest BCUT2D eigenvalue weighted by Crippen LogP contribution is -2.52. The van der Waals surface area contributed by atoms with E-state index < -0.39 is 0 Å². The third-order valence-electron chi connectivity index (χ3n) is 23.4. The van der Waals surface area contributed by atoms with Crippen LogP contribution in [0.4, 0.5) is 0 Å². The number of hydrogen-bond donors (Lipinski definition) is 0. The zero-order valence-electron chi connectivity index (χ0n) is 55.4. The minimum absolute atomic E-state index is 1.02. The summed E-state index contributed by atoms with van der Waals surface area (Å²) in [7, 11) is 71.5. The summed E-state index contributed by atoms with van der Waals surface area (Å²) in [5.74, 6) is 0. The fourth-order valence-corrected chi connectivity index (χ4v) is 16.8. The summed E-state index contributed by atoms with van der Waals surface area (Å²) >= 11 is 0. The molecule has 11 rings (SSSR count). The molecular weight excluding hydrogens is 941 g/mol. The van der Waals surface area contributed by atoms with Crippen LogP contribution >= 0.6 is 0 Å². The van der Waals surface area contributed by atoms with Gasteiger partial charge in [-0.15, -0.1) is 49.2 Å². The van der Waals surface area contributed by atoms with Crippen molar-refractivity contribution in [3.63, 3.8) is 0 Å². The van der Waals surface area contributed by atoms with Crippen LogP contribution in [0.2, 0.25) is 0 Å². The number of furan rings is 1. The van der Waals surface area contributed by atoms with Gasteiger partial charge in [0.15, 0.2) is 0 Å². The third-order valence-corrected chi connectivity index (χ3v) is 23.4. The lowest BCUT2D eigenvalue weighted by Gasteiger charge is -2.32. The van der Waals surface area contributed by atoms with Gasteiger partial charge in [0.05, 0.1) is 0 Å². The first-order chi connectivity index (χ1) is 37.8. The van der Waals surface area contributed by atoms with Gasteiger partial charge in [-0.3, -0.25) is 0 Å². The van der Waals surface area contributed by atoms with Gasteiger partial charge in [-0.1, -0.05) is 109 Å². The van der Waals surface area contributed by atoms with Gasteiger partial charge in [0.25, 0.3) is 0 Å². The predicted molar refractivity (Wildman–Crippen MR) is 463 cm³/mol. The number of rotatable bonds is 3. The molecule has 0 aliphatic heterocycles. The van der Waals surface area contributed by atoms with Crippen molar-refractivity contribution in [3.05, 3.63) is 0 Å². The molecule has 1 nitrogen and oxygen atoms in total. The zero-order chi connectivity index (χ0) is 59.6. The normalized spacial score (nSPS) is 12.0. The van der Waals surface area contributed by atoms with Crippen LogP contribution in [-0.2, 0) is 0 Å². The Hall–Kier alpha value is -4.75. The molecule has 0 saturated carbocycles. The Morgan fingerprint density at radius 1 is 0.111 bits per heavy atom. The molecule has 0 spiro atoms. The van der Waals surface area contributed by atoms with Crippen molar-refractivity contribution >= 4 is 475 Å². The van der Waals surface area contributed by atoms with E-state index in [9.17, 15) is 0 Å². The summed E-state index contributed by atoms with van der Waals surface area (Å²) in [4.78, 5) is 0. The lowest BCUT2D eigenvalue weighted by atomic mass is 9.55. The lowest BCUT2D eigenvalue weighted by molar-refractivity contribution is 0.675. The molecule has 81 heavy (non-hydrogen) atoms. The van der Waals surface area contributed by atoms with E-state index in [-0.39, 0.29) is 0 Å². The molecule has 0 aliphatic rings. The van der Waals surface area contributed by atoms with Crippen molar-refractivity contribution in [2.45, 2.75) is 0 Å². The second-order valence-corrected chi connectivity index (χ2v) is 26.3. The van der Waals surface area contributed by atoms with Crippen molar-refractivity contribution in [3.8, 4) is 33.4 Å². The van der Waals surface area contributed by atoms with Crippen molar-refractivity contribution in [1.82, 2.24) is 0 Å². The smallest absolute Gasteiger partial charge is 0.145 e. The molecular formula is C50H60B30O. The molecule has 1 heterocycles. The minimum atomic E-state index is 1.02. The van der Waals surface area contributed by atoms with Crippen LogP contribution in [0.1, 0.15) is 0 Å². The maximum atomic E-state index is 7.32. The van der Waals surface area contributed by atoms with Crippen molar-refractivity contribution < 1.29 is 4.42 Å². The molecule has 0 atom stereocenters. The van der Waals surface area contributed by atoms with E-state index in [1.807, 2.05) is 0 Å². The molecule has 0 unspecified atom stereocenters. The van der Waals surface area contributed by atoms with Gasteiger partial charge in [0, 0.05) is 10.8 Å². The van der Waals surface area contributed by atoms with Gasteiger partial charge < -0.3 is 4.42 Å². The molecule has 1 aromatic heterocycles. The standard InChI is InChI=1S/C50H60B30O/c51-19-9(32(64)39(71)34(66)14(19)13-20(52)11-7(23(55)31(13)63)8-12(30(62)29(11)61)33(65)45(77)44(76)28(8)60)1-3-5(26(58)42(74)40(72)24(3)56)2(6-4(1)25(57)41(73)43(75)27(6)59)10-21(53)18-17-22(54)15-16(36(68)47(79)46(78)35(15)67)38(70)49(17)81-50(18)48(80)37(10)69/h51-80H2. The highest BCUT2D eigenvalue weighted by atomic mass is 16.3. The molecule has 11 aromatic rings. The van der Waals surface area contributed by atoms with E-state index in [1.54, 1.807) is 0 Å². The predicted octanol–water partition coefficient (Wildman–Crippen LogP) is -37.9. The van der Waals surface area contributed by atoms with Crippen LogP contribution in [-0.4, -0.2) is 235 Å². The summed E-state index contributed by atoms with van der Waals surface area (Å²) in [5.41, 5.74) is 51.5. The Bertz CT molecular complexity index is 4850. The van der Waals surface area contributed by atoms with Crippen LogP contribution in [0.25, 0.3) is 109 Å². The molecule has 0 N–H and O–H groups in total. The highest BCUT2D eigenvalue weighted by Crippen LogP contribution is 2.40. The zero-order valence-corrected chi connectivity index (χ0v) is 55.4. The summed E-state index contributed by atoms with van der Waals surface area (Å²) in [6, 6.07) is 0. The van der Waals surface area contributed by atoms with Gasteiger partial charge in [-0.25, -0.2) is 0 Å². The SMILES string of the molecule is Bc1c(B)c(-c2c(B)c(B)c3c(c2B)c(B)c(B)c2c(B)c(B)c(B)c(B)c23)c(B)c(-c2c3c(B)c(B)c(B)c(B)c3c(-c3c(B)c(B)c4oc5c(B)c6c(B)c(B)c(B)c(B)c6c(B)c5c4c3B)c3c(B)c(B)c(B)c(B)c23)c1B. The van der Waals surface area contributed by atoms with Gasteiger partial charge in [-0.05, 0) is 92.7 Å². The van der Waals surface area contributed by atoms with E-state index in [0.29, 0.717) is 0 Å². The number of benzene rings is 10. The molecule has 0 saturated heterocycles. The van der Waals surface area contributed by atoms with E-state index in [0.717, 1.165) is 11.2 Å². The molecule has 0 bridgehead atoms. The highest BCUT2D eigenvalue weighted by Gasteiger charge is 2.32. The van der Waals surface area contributed by atoms with E-state index in [2.05, 4.69) is 235 Å². The molecule has 356 valence electrons. The van der Waals surface area contributed by atoms with Crippen molar-refractivity contribution in [1.29, 1.82) is 0 Å². The third kappa shape index (κ3) is 7.30. The van der Waals surface area contributed by atoms with Crippen LogP contribution in [0.3, 0.4) is 0 Å². The Morgan fingerprint density at radius 2 is 0.309 bits per heavy atom. The van der Waals surface area contributed by atoms with Crippen LogP contribution in [0.15, 0.2) is 4.42 Å². The first-order valence-electron chi connectivity index (χ1n) is 30.2. The number of hydrogen-bond acceptors (Lipinski definition) is 1. The summed E-state index contributed by atoms with van der Waals surface area (Å²) in [5, 5.41) is 16.6. The molecule has 10 aromatic carbocycles. The minimum Gasteiger partial charge on any atom is -0.457 e. The highest BCUT2D eigenvalue weighted by molar-refractivity contribution is 6.79. The molecule has 0 aliphatic carbocycles. The summed E-state index contributed by atoms with van der Waals surface area (Å²) in [6.07, 6.45) is 0.